The number of aliphatic hydroxyl groups excluding tert-OH is 1. The lowest BCUT2D eigenvalue weighted by Gasteiger charge is -2.34. The fourth-order valence-corrected chi connectivity index (χ4v) is 1.90. The molecule has 0 spiro atoms. The molecule has 0 fully saturated rings. The van der Waals surface area contributed by atoms with Crippen LogP contribution in [0, 0.1) is 0 Å². The Hall–Kier alpha value is -0.120. The van der Waals surface area contributed by atoms with Crippen molar-refractivity contribution in [2.24, 2.45) is 0 Å². The van der Waals surface area contributed by atoms with E-state index in [0.29, 0.717) is 0 Å². The molecule has 0 heterocycles. The van der Waals surface area contributed by atoms with Crippen molar-refractivity contribution in [2.45, 2.75) is 71.6 Å². The van der Waals surface area contributed by atoms with Crippen molar-refractivity contribution in [1.82, 2.24) is 5.32 Å². The van der Waals surface area contributed by atoms with Crippen LogP contribution in [-0.4, -0.2) is 35.5 Å². The van der Waals surface area contributed by atoms with E-state index >= 15 is 0 Å². The quantitative estimate of drug-likeness (QED) is 0.706. The smallest absolute Gasteiger partial charge is 0.0611 e. The third kappa shape index (κ3) is 7.20. The van der Waals surface area contributed by atoms with Crippen molar-refractivity contribution < 1.29 is 9.84 Å². The molecule has 0 saturated carbocycles. The zero-order valence-electron chi connectivity index (χ0n) is 11.8. The Morgan fingerprint density at radius 1 is 1.25 bits per heavy atom. The predicted octanol–water partition coefficient (Wildman–Crippen LogP) is 2.33. The van der Waals surface area contributed by atoms with Crippen molar-refractivity contribution in [3.8, 4) is 0 Å². The van der Waals surface area contributed by atoms with Crippen LogP contribution in [0.2, 0.25) is 0 Å². The summed E-state index contributed by atoms with van der Waals surface area (Å²) < 4.78 is 5.86. The van der Waals surface area contributed by atoms with Gasteiger partial charge in [-0.05, 0) is 54.0 Å². The van der Waals surface area contributed by atoms with E-state index in [9.17, 15) is 5.11 Å². The highest BCUT2D eigenvalue weighted by atomic mass is 16.5. The first-order valence-corrected chi connectivity index (χ1v) is 6.26. The van der Waals surface area contributed by atoms with Gasteiger partial charge < -0.3 is 15.2 Å². The van der Waals surface area contributed by atoms with Crippen LogP contribution in [0.25, 0.3) is 0 Å². The number of aliphatic hydroxyl groups is 1. The summed E-state index contributed by atoms with van der Waals surface area (Å²) in [5.74, 6) is 0. The highest BCUT2D eigenvalue weighted by Gasteiger charge is 2.27. The van der Waals surface area contributed by atoms with Crippen LogP contribution < -0.4 is 5.32 Å². The van der Waals surface area contributed by atoms with E-state index in [0.717, 1.165) is 19.4 Å². The number of nitrogens with one attached hydrogen (secondary N) is 1. The zero-order valence-corrected chi connectivity index (χ0v) is 11.8. The molecule has 0 aliphatic heterocycles. The van der Waals surface area contributed by atoms with Crippen LogP contribution in [0.15, 0.2) is 0 Å². The van der Waals surface area contributed by atoms with E-state index in [2.05, 4.69) is 39.9 Å². The molecule has 98 valence electrons. The molecule has 0 amide bonds. The van der Waals surface area contributed by atoms with Gasteiger partial charge in [-0.2, -0.15) is 0 Å². The molecule has 2 atom stereocenters. The lowest BCUT2D eigenvalue weighted by molar-refractivity contribution is -0.0667. The van der Waals surface area contributed by atoms with E-state index in [1.54, 1.807) is 0 Å². The highest BCUT2D eigenvalue weighted by molar-refractivity contribution is 4.85. The minimum Gasteiger partial charge on any atom is -0.394 e. The van der Waals surface area contributed by atoms with Crippen LogP contribution >= 0.6 is 0 Å². The molecule has 2 unspecified atom stereocenters. The lowest BCUT2D eigenvalue weighted by atomic mass is 9.95. The van der Waals surface area contributed by atoms with E-state index in [-0.39, 0.29) is 23.9 Å². The maximum Gasteiger partial charge on any atom is 0.0611 e. The van der Waals surface area contributed by atoms with E-state index in [4.69, 9.17) is 4.74 Å². The number of hydrogen-bond donors (Lipinski definition) is 2. The van der Waals surface area contributed by atoms with Gasteiger partial charge in [0, 0.05) is 5.54 Å². The largest absolute Gasteiger partial charge is 0.394 e. The summed E-state index contributed by atoms with van der Waals surface area (Å²) in [6.45, 7) is 13.5. The Kier molecular flexibility index (Phi) is 6.53. The Labute approximate surface area is 101 Å². The second-order valence-electron chi connectivity index (χ2n) is 5.89. The number of hydrogen-bond acceptors (Lipinski definition) is 3. The Bertz CT molecular complexity index is 189. The average Bonchev–Trinajstić information content (AvgIpc) is 2.11. The second-order valence-corrected chi connectivity index (χ2v) is 5.89. The fourth-order valence-electron chi connectivity index (χ4n) is 1.90. The van der Waals surface area contributed by atoms with Gasteiger partial charge in [-0.1, -0.05) is 6.92 Å². The van der Waals surface area contributed by atoms with Gasteiger partial charge in [-0.3, -0.25) is 0 Å². The number of rotatable bonds is 7. The van der Waals surface area contributed by atoms with Crippen molar-refractivity contribution >= 4 is 0 Å². The SMILES string of the molecule is CCCNC(C)(CO)CC(C)OC(C)(C)C. The highest BCUT2D eigenvalue weighted by Crippen LogP contribution is 2.19. The van der Waals surface area contributed by atoms with Crippen molar-refractivity contribution in [2.75, 3.05) is 13.2 Å². The van der Waals surface area contributed by atoms with Crippen molar-refractivity contribution in [3.63, 3.8) is 0 Å². The molecule has 16 heavy (non-hydrogen) atoms. The molecule has 3 nitrogen and oxygen atoms in total. The van der Waals surface area contributed by atoms with Crippen LogP contribution in [0.5, 0.6) is 0 Å². The van der Waals surface area contributed by atoms with E-state index in [1.807, 2.05) is 6.92 Å². The molecule has 0 aromatic rings. The topological polar surface area (TPSA) is 41.5 Å². The summed E-state index contributed by atoms with van der Waals surface area (Å²) in [7, 11) is 0. The molecule has 3 heteroatoms. The first-order valence-electron chi connectivity index (χ1n) is 6.26. The molecule has 0 aliphatic rings. The Morgan fingerprint density at radius 3 is 2.19 bits per heavy atom. The van der Waals surface area contributed by atoms with Crippen LogP contribution in [0.1, 0.15) is 54.4 Å². The Balaban J connectivity index is 4.19. The van der Waals surface area contributed by atoms with Crippen molar-refractivity contribution in [1.29, 1.82) is 0 Å². The van der Waals surface area contributed by atoms with Gasteiger partial charge in [0.25, 0.3) is 0 Å². The van der Waals surface area contributed by atoms with Gasteiger partial charge in [-0.15, -0.1) is 0 Å². The minimum atomic E-state index is -0.235. The monoisotopic (exact) mass is 231 g/mol. The summed E-state index contributed by atoms with van der Waals surface area (Å²) in [4.78, 5) is 0. The third-order valence-electron chi connectivity index (χ3n) is 2.44. The summed E-state index contributed by atoms with van der Waals surface area (Å²) >= 11 is 0. The maximum atomic E-state index is 9.44. The predicted molar refractivity (Wildman–Crippen MR) is 68.7 cm³/mol. The summed E-state index contributed by atoms with van der Waals surface area (Å²) in [6, 6.07) is 0. The molecule has 0 rings (SSSR count). The third-order valence-corrected chi connectivity index (χ3v) is 2.44. The van der Waals surface area contributed by atoms with Crippen LogP contribution in [0.3, 0.4) is 0 Å². The lowest BCUT2D eigenvalue weighted by Crippen LogP contribution is -2.49. The van der Waals surface area contributed by atoms with Gasteiger partial charge in [0.2, 0.25) is 0 Å². The molecule has 2 N–H and O–H groups in total. The summed E-state index contributed by atoms with van der Waals surface area (Å²) in [6.07, 6.45) is 2.03. The van der Waals surface area contributed by atoms with Gasteiger partial charge in [-0.25, -0.2) is 0 Å². The van der Waals surface area contributed by atoms with E-state index < -0.39 is 0 Å². The molecule has 0 aliphatic carbocycles. The van der Waals surface area contributed by atoms with Crippen LogP contribution in [-0.2, 0) is 4.74 Å². The molecule has 0 bridgehead atoms. The molecule has 0 aromatic heterocycles. The molecule has 0 radical (unpaired) electrons. The average molecular weight is 231 g/mol. The fraction of sp³-hybridized carbons (Fsp3) is 1.00. The number of ether oxygens (including phenoxy) is 1. The van der Waals surface area contributed by atoms with Gasteiger partial charge in [0.1, 0.15) is 0 Å². The molecule has 0 aromatic carbocycles. The minimum absolute atomic E-state index is 0.124. The normalized spacial score (nSPS) is 18.2. The molecular formula is C13H29NO2. The second kappa shape index (κ2) is 6.58. The van der Waals surface area contributed by atoms with Gasteiger partial charge in [0.05, 0.1) is 18.3 Å². The van der Waals surface area contributed by atoms with Crippen molar-refractivity contribution in [3.05, 3.63) is 0 Å². The summed E-state index contributed by atoms with van der Waals surface area (Å²) in [5, 5.41) is 12.8. The zero-order chi connectivity index (χ0) is 12.8. The Morgan fingerprint density at radius 2 is 1.81 bits per heavy atom. The maximum absolute atomic E-state index is 9.44. The summed E-state index contributed by atoms with van der Waals surface area (Å²) in [5.41, 5.74) is -0.360. The first-order chi connectivity index (χ1) is 7.22. The first kappa shape index (κ1) is 15.9. The van der Waals surface area contributed by atoms with E-state index in [1.165, 1.54) is 0 Å². The standard InChI is InChI=1S/C13H29NO2/c1-7-8-14-13(6,10-15)9-11(2)16-12(3,4)5/h11,14-15H,7-10H2,1-6H3. The molecular weight excluding hydrogens is 202 g/mol. The molecule has 0 saturated heterocycles. The van der Waals surface area contributed by atoms with Crippen LogP contribution in [0.4, 0.5) is 0 Å². The van der Waals surface area contributed by atoms with Gasteiger partial charge in [0.15, 0.2) is 0 Å². The van der Waals surface area contributed by atoms with Gasteiger partial charge >= 0.3 is 0 Å².